The summed E-state index contributed by atoms with van der Waals surface area (Å²) < 4.78 is 26.4. The highest BCUT2D eigenvalue weighted by atomic mass is 19.1. The standard InChI is InChI=1S/C23H33FN4O2/c1-16-13-18(17-7-11-27(2)15-19(17)24)22-20(25-16)14-21(23(26-22)29-3)30-12-6-10-28-8-4-5-9-28/h13-14,17,19H,4-12,15H2,1-3H3. The summed E-state index contributed by atoms with van der Waals surface area (Å²) in [5.41, 5.74) is 3.26. The summed E-state index contributed by atoms with van der Waals surface area (Å²) in [6.07, 6.45) is 3.42. The van der Waals surface area contributed by atoms with E-state index in [-0.39, 0.29) is 5.92 Å². The molecule has 164 valence electrons. The van der Waals surface area contributed by atoms with Gasteiger partial charge in [-0.05, 0) is 70.9 Å². The van der Waals surface area contributed by atoms with Crippen molar-refractivity contribution in [1.29, 1.82) is 0 Å². The van der Waals surface area contributed by atoms with Crippen LogP contribution in [0.3, 0.4) is 0 Å². The molecule has 0 aromatic carbocycles. The minimum atomic E-state index is -0.914. The molecule has 2 saturated heterocycles. The molecule has 4 heterocycles. The third-order valence-electron chi connectivity index (χ3n) is 6.28. The van der Waals surface area contributed by atoms with Gasteiger partial charge in [0.2, 0.25) is 0 Å². The summed E-state index contributed by atoms with van der Waals surface area (Å²) in [6, 6.07) is 3.88. The fourth-order valence-electron chi connectivity index (χ4n) is 4.70. The summed E-state index contributed by atoms with van der Waals surface area (Å²) >= 11 is 0. The maximum Gasteiger partial charge on any atom is 0.257 e. The number of likely N-dealkylation sites (tertiary alicyclic amines) is 2. The van der Waals surface area contributed by atoms with E-state index in [4.69, 9.17) is 14.5 Å². The van der Waals surface area contributed by atoms with Gasteiger partial charge in [-0.3, -0.25) is 4.98 Å². The van der Waals surface area contributed by atoms with Crippen LogP contribution in [0.5, 0.6) is 11.6 Å². The van der Waals surface area contributed by atoms with Crippen LogP contribution in [0.4, 0.5) is 4.39 Å². The predicted molar refractivity (Wildman–Crippen MR) is 116 cm³/mol. The molecular weight excluding hydrogens is 383 g/mol. The highest BCUT2D eigenvalue weighted by molar-refractivity contribution is 5.81. The molecule has 2 aliphatic rings. The van der Waals surface area contributed by atoms with E-state index in [1.165, 1.54) is 25.9 Å². The zero-order chi connectivity index (χ0) is 21.1. The molecule has 0 aliphatic carbocycles. The van der Waals surface area contributed by atoms with Gasteiger partial charge in [0.1, 0.15) is 6.17 Å². The Morgan fingerprint density at radius 3 is 2.70 bits per heavy atom. The van der Waals surface area contributed by atoms with E-state index >= 15 is 0 Å². The minimum Gasteiger partial charge on any atom is -0.488 e. The Balaban J connectivity index is 1.56. The molecule has 0 saturated carbocycles. The third kappa shape index (κ3) is 4.67. The lowest BCUT2D eigenvalue weighted by Crippen LogP contribution is -2.38. The van der Waals surface area contributed by atoms with E-state index in [0.29, 0.717) is 24.8 Å². The van der Waals surface area contributed by atoms with Crippen LogP contribution in [-0.2, 0) is 0 Å². The van der Waals surface area contributed by atoms with Crippen molar-refractivity contribution in [3.05, 3.63) is 23.4 Å². The number of rotatable bonds is 7. The van der Waals surface area contributed by atoms with E-state index in [9.17, 15) is 4.39 Å². The molecule has 2 aromatic heterocycles. The second-order valence-electron chi connectivity index (χ2n) is 8.64. The van der Waals surface area contributed by atoms with Gasteiger partial charge in [-0.1, -0.05) is 0 Å². The molecule has 2 fully saturated rings. The van der Waals surface area contributed by atoms with Crippen molar-refractivity contribution in [1.82, 2.24) is 19.8 Å². The first kappa shape index (κ1) is 21.2. The molecule has 7 heteroatoms. The quantitative estimate of drug-likeness (QED) is 0.643. The van der Waals surface area contributed by atoms with Crippen molar-refractivity contribution in [2.75, 3.05) is 53.5 Å². The average Bonchev–Trinajstić information content (AvgIpc) is 3.23. The van der Waals surface area contributed by atoms with Crippen molar-refractivity contribution in [3.8, 4) is 11.6 Å². The molecule has 2 aromatic rings. The highest BCUT2D eigenvalue weighted by Gasteiger charge is 2.31. The second-order valence-corrected chi connectivity index (χ2v) is 8.64. The van der Waals surface area contributed by atoms with Crippen molar-refractivity contribution in [2.24, 2.45) is 0 Å². The fraction of sp³-hybridized carbons (Fsp3) is 0.652. The van der Waals surface area contributed by atoms with E-state index < -0.39 is 6.17 Å². The molecule has 30 heavy (non-hydrogen) atoms. The number of hydrogen-bond donors (Lipinski definition) is 0. The summed E-state index contributed by atoms with van der Waals surface area (Å²) in [7, 11) is 3.56. The number of halogens is 1. The lowest BCUT2D eigenvalue weighted by molar-refractivity contribution is 0.140. The topological polar surface area (TPSA) is 50.7 Å². The predicted octanol–water partition coefficient (Wildman–Crippen LogP) is 3.57. The summed E-state index contributed by atoms with van der Waals surface area (Å²) in [5.74, 6) is 0.879. The molecule has 4 rings (SSSR count). The van der Waals surface area contributed by atoms with Crippen LogP contribution in [0.15, 0.2) is 12.1 Å². The van der Waals surface area contributed by atoms with Gasteiger partial charge in [0, 0.05) is 30.8 Å². The van der Waals surface area contributed by atoms with Gasteiger partial charge in [0.05, 0.1) is 24.8 Å². The number of hydrogen-bond acceptors (Lipinski definition) is 6. The summed E-state index contributed by atoms with van der Waals surface area (Å²) in [4.78, 5) is 13.9. The van der Waals surface area contributed by atoms with Crippen LogP contribution in [-0.4, -0.2) is 79.4 Å². The Kier molecular flexibility index (Phi) is 6.68. The number of aromatic nitrogens is 2. The van der Waals surface area contributed by atoms with Crippen molar-refractivity contribution < 1.29 is 13.9 Å². The summed E-state index contributed by atoms with van der Waals surface area (Å²) in [6.45, 7) is 7.33. The molecular formula is C23H33FN4O2. The van der Waals surface area contributed by atoms with Gasteiger partial charge in [-0.15, -0.1) is 0 Å². The lowest BCUT2D eigenvalue weighted by atomic mass is 9.87. The number of pyridine rings is 2. The average molecular weight is 417 g/mol. The van der Waals surface area contributed by atoms with E-state index in [0.717, 1.165) is 48.2 Å². The van der Waals surface area contributed by atoms with Crippen LogP contribution >= 0.6 is 0 Å². The van der Waals surface area contributed by atoms with Crippen LogP contribution in [0.25, 0.3) is 11.0 Å². The van der Waals surface area contributed by atoms with Crippen LogP contribution in [0.1, 0.15) is 42.9 Å². The number of alkyl halides is 1. The van der Waals surface area contributed by atoms with Crippen molar-refractivity contribution >= 4 is 11.0 Å². The highest BCUT2D eigenvalue weighted by Crippen LogP contribution is 2.37. The Hall–Kier alpha value is -1.99. The first-order valence-corrected chi connectivity index (χ1v) is 11.1. The molecule has 2 unspecified atom stereocenters. The van der Waals surface area contributed by atoms with Crippen LogP contribution in [0.2, 0.25) is 0 Å². The first-order chi connectivity index (χ1) is 14.5. The van der Waals surface area contributed by atoms with Gasteiger partial charge in [0.15, 0.2) is 5.75 Å². The monoisotopic (exact) mass is 416 g/mol. The maximum atomic E-state index is 14.9. The molecule has 0 amide bonds. The number of fused-ring (bicyclic) bond motifs is 1. The Bertz CT molecular complexity index is 872. The SMILES string of the molecule is COc1nc2c(C3CCN(C)CC3F)cc(C)nc2cc1OCCCN1CCCC1. The fourth-order valence-corrected chi connectivity index (χ4v) is 4.70. The van der Waals surface area contributed by atoms with E-state index in [1.54, 1.807) is 7.11 Å². The van der Waals surface area contributed by atoms with Crippen LogP contribution < -0.4 is 9.47 Å². The van der Waals surface area contributed by atoms with Crippen molar-refractivity contribution in [2.45, 2.75) is 44.7 Å². The van der Waals surface area contributed by atoms with E-state index in [1.807, 2.05) is 31.0 Å². The van der Waals surface area contributed by atoms with Gasteiger partial charge >= 0.3 is 0 Å². The van der Waals surface area contributed by atoms with Gasteiger partial charge < -0.3 is 19.3 Å². The van der Waals surface area contributed by atoms with Gasteiger partial charge in [0.25, 0.3) is 5.88 Å². The Labute approximate surface area is 178 Å². The Morgan fingerprint density at radius 2 is 1.97 bits per heavy atom. The molecule has 0 bridgehead atoms. The maximum absolute atomic E-state index is 14.9. The summed E-state index contributed by atoms with van der Waals surface area (Å²) in [5, 5.41) is 0. The smallest absolute Gasteiger partial charge is 0.257 e. The Morgan fingerprint density at radius 1 is 1.17 bits per heavy atom. The molecule has 2 atom stereocenters. The normalized spacial score (nSPS) is 23.2. The van der Waals surface area contributed by atoms with Gasteiger partial charge in [-0.25, -0.2) is 9.37 Å². The number of nitrogens with zero attached hydrogens (tertiary/aromatic N) is 4. The molecule has 2 aliphatic heterocycles. The number of ether oxygens (including phenoxy) is 2. The van der Waals surface area contributed by atoms with E-state index in [2.05, 4.69) is 9.88 Å². The zero-order valence-corrected chi connectivity index (χ0v) is 18.4. The lowest BCUT2D eigenvalue weighted by Gasteiger charge is -2.33. The minimum absolute atomic E-state index is 0.171. The number of methoxy groups -OCH3 is 1. The second kappa shape index (κ2) is 9.43. The molecule has 0 radical (unpaired) electrons. The number of aryl methyl sites for hydroxylation is 1. The third-order valence-corrected chi connectivity index (χ3v) is 6.28. The molecule has 0 N–H and O–H groups in total. The van der Waals surface area contributed by atoms with Crippen molar-refractivity contribution in [3.63, 3.8) is 0 Å². The molecule has 0 spiro atoms. The number of piperidine rings is 1. The molecule has 6 nitrogen and oxygen atoms in total. The first-order valence-electron chi connectivity index (χ1n) is 11.1. The largest absolute Gasteiger partial charge is 0.488 e. The van der Waals surface area contributed by atoms with Gasteiger partial charge in [-0.2, -0.15) is 0 Å². The zero-order valence-electron chi connectivity index (χ0n) is 18.4. The van der Waals surface area contributed by atoms with Crippen LogP contribution in [0, 0.1) is 6.92 Å².